The number of carbonyl (C=O) groups is 2. The maximum atomic E-state index is 12.5. The lowest BCUT2D eigenvalue weighted by Gasteiger charge is -2.30. The number of fused-ring (bicyclic) bond motifs is 2. The van der Waals surface area contributed by atoms with Gasteiger partial charge in [-0.2, -0.15) is 0 Å². The normalized spacial score (nSPS) is 18.6. The number of nitrogen functional groups attached to an aromatic ring is 2. The highest BCUT2D eigenvalue weighted by atomic mass is 35.5. The lowest BCUT2D eigenvalue weighted by Crippen LogP contribution is -2.42. The number of hydrogen-bond acceptors (Lipinski definition) is 15. The summed E-state index contributed by atoms with van der Waals surface area (Å²) in [5.41, 5.74) is 25.6. The number of allylic oxidation sites excluding steroid dienone is 2. The van der Waals surface area contributed by atoms with Crippen LogP contribution in [0.15, 0.2) is 97.3 Å². The number of alkyl halides is 1. The Morgan fingerprint density at radius 2 is 1.16 bits per heavy atom. The van der Waals surface area contributed by atoms with E-state index in [1.54, 1.807) is 24.5 Å². The lowest BCUT2D eigenvalue weighted by molar-refractivity contribution is 0.0689. The topological polar surface area (TPSA) is 272 Å². The molecule has 2 aromatic carbocycles. The highest BCUT2D eigenvalue weighted by molar-refractivity contribution is 6.32. The minimum atomic E-state index is -1.10. The zero-order chi connectivity index (χ0) is 49.6. The van der Waals surface area contributed by atoms with Gasteiger partial charge in [0.25, 0.3) is 5.91 Å². The molecule has 0 aliphatic heterocycles. The number of hydrogen-bond donors (Lipinski definition) is 7. The van der Waals surface area contributed by atoms with Crippen LogP contribution in [-0.2, 0) is 12.8 Å². The molecule has 1 amide bonds. The van der Waals surface area contributed by atoms with Gasteiger partial charge in [0.05, 0.1) is 42.4 Å². The molecule has 10 N–H and O–H groups in total. The number of aromatic nitrogens is 8. The SMILES string of the molecule is Cl.N[C@H]1CCC[C@@H](Nc2ncc(Cl)c(C3=CCc4ccccc43)n2)C1.Nc1ccc(C(=O)N[C@H]2CCC[C@@H](Nc3ncc(Cl)c(C4=CCc5ccccc54)n3)C2)nn1.Nc1ccc(C(=O)O)nn1.[2H]CF. The van der Waals surface area contributed by atoms with E-state index in [9.17, 15) is 14.0 Å². The number of nitrogens with two attached hydrogens (primary N) is 3. The molecule has 2 fully saturated rings. The molecule has 0 bridgehead atoms. The Morgan fingerprint density at radius 1 is 0.686 bits per heavy atom. The van der Waals surface area contributed by atoms with Crippen LogP contribution in [0.5, 0.6) is 0 Å². The van der Waals surface area contributed by atoms with Gasteiger partial charge in [-0.3, -0.25) is 9.18 Å². The van der Waals surface area contributed by atoms with E-state index in [1.807, 2.05) is 12.1 Å². The minimum absolute atomic E-state index is 0. The van der Waals surface area contributed by atoms with E-state index >= 15 is 0 Å². The van der Waals surface area contributed by atoms with Gasteiger partial charge in [-0.25, -0.2) is 24.7 Å². The molecule has 0 spiro atoms. The number of carboxylic acids is 1. The molecule has 4 heterocycles. The Kier molecular flexibility index (Phi) is 18.3. The van der Waals surface area contributed by atoms with Gasteiger partial charge in [-0.15, -0.1) is 32.8 Å². The van der Waals surface area contributed by atoms with Crippen LogP contribution in [0.1, 0.15) is 107 Å². The maximum absolute atomic E-state index is 12.5. The van der Waals surface area contributed by atoms with Gasteiger partial charge in [0.15, 0.2) is 11.4 Å². The molecule has 17 nitrogen and oxygen atoms in total. The van der Waals surface area contributed by atoms with E-state index in [0.717, 1.165) is 92.3 Å². The van der Waals surface area contributed by atoms with Crippen LogP contribution in [-0.4, -0.2) is 88.6 Å². The number of nitrogens with one attached hydrogen (secondary N) is 3. The summed E-state index contributed by atoms with van der Waals surface area (Å²) >= 11 is 12.9. The lowest BCUT2D eigenvalue weighted by atomic mass is 9.91. The summed E-state index contributed by atoms with van der Waals surface area (Å²) < 4.78 is 15.5. The summed E-state index contributed by atoms with van der Waals surface area (Å²) in [6, 6.07) is 23.3. The van der Waals surface area contributed by atoms with Crippen molar-refractivity contribution in [2.75, 3.05) is 29.3 Å². The average Bonchev–Trinajstić information content (AvgIpc) is 3.99. The summed E-state index contributed by atoms with van der Waals surface area (Å²) in [5, 5.41) is 33.6. The molecule has 0 radical (unpaired) electrons. The van der Waals surface area contributed by atoms with Crippen molar-refractivity contribution in [1.29, 1.82) is 0 Å². The van der Waals surface area contributed by atoms with E-state index in [4.69, 9.17) is 56.8 Å². The molecule has 70 heavy (non-hydrogen) atoms. The number of anilines is 4. The van der Waals surface area contributed by atoms with E-state index in [1.165, 1.54) is 28.8 Å². The van der Waals surface area contributed by atoms with E-state index in [2.05, 4.69) is 94.9 Å². The predicted molar refractivity (Wildman–Crippen MR) is 274 cm³/mol. The van der Waals surface area contributed by atoms with Crippen LogP contribution in [0.3, 0.4) is 0 Å². The molecule has 0 saturated heterocycles. The highest BCUT2D eigenvalue weighted by Crippen LogP contribution is 2.37. The third kappa shape index (κ3) is 13.7. The molecule has 6 aromatic rings. The van der Waals surface area contributed by atoms with Crippen molar-refractivity contribution in [2.45, 2.75) is 88.4 Å². The number of benzene rings is 2. The summed E-state index contributed by atoms with van der Waals surface area (Å²) in [6.45, 7) is 0. The number of amides is 1. The Morgan fingerprint density at radius 3 is 1.64 bits per heavy atom. The van der Waals surface area contributed by atoms with Crippen molar-refractivity contribution in [3.8, 4) is 0 Å². The molecule has 4 atom stereocenters. The van der Waals surface area contributed by atoms with Crippen molar-refractivity contribution < 1.29 is 20.5 Å². The molecule has 2 saturated carbocycles. The summed E-state index contributed by atoms with van der Waals surface area (Å²) in [7, 11) is -1.00. The number of nitrogens with zero attached hydrogens (tertiary/aromatic N) is 8. The number of carbonyl (C=O) groups excluding carboxylic acids is 1. The minimum Gasteiger partial charge on any atom is -0.476 e. The van der Waals surface area contributed by atoms with Crippen molar-refractivity contribution in [3.05, 3.63) is 152 Å². The maximum Gasteiger partial charge on any atom is 0.356 e. The standard InChI is InChI=1S/C24H24ClN7O.C19H21ClN4.C5H5N3O2.CH3F.ClH/c25-19-13-27-24(30-22(19)18-9-8-14-4-1-2-7-17(14)18)29-16-6-3-5-15(12-16)28-23(33)20-10-11-21(26)32-31-20;20-17-11-22-19(23-14-6-3-5-13(21)10-14)24-18(17)16-9-8-12-4-1-2-7-15(12)16;6-4-2-1-3(5(9)10)7-8-4;1-2;/h1-2,4,7,9-11,13,15-16H,3,5-6,8,12H2,(H2,26,32)(H,28,33)(H,27,29,30);1-2,4,7,9,11,13-14H,3,5-6,8,10,21H2,(H,22,23,24);1-2H,(H2,6,8)(H,9,10);1H3;1H/t15-,16+;13-,14+;;;/m00.../s1/i;;;1D;. The molecular formula is C49H54Cl3FN14O3. The second-order valence-corrected chi connectivity index (χ2v) is 17.5. The largest absolute Gasteiger partial charge is 0.476 e. The number of aromatic carboxylic acids is 1. The van der Waals surface area contributed by atoms with Crippen LogP contribution in [0.4, 0.5) is 27.9 Å². The van der Waals surface area contributed by atoms with Crippen molar-refractivity contribution >= 4 is 82.2 Å². The van der Waals surface area contributed by atoms with E-state index in [-0.39, 0.29) is 59.5 Å². The fourth-order valence-electron chi connectivity index (χ4n) is 8.62. The Hall–Kier alpha value is -6.86. The van der Waals surface area contributed by atoms with Gasteiger partial charge in [-0.05, 0) is 111 Å². The molecule has 10 rings (SSSR count). The molecule has 4 aliphatic carbocycles. The van der Waals surface area contributed by atoms with Crippen LogP contribution in [0.2, 0.25) is 10.0 Å². The monoisotopic (exact) mass is 1010 g/mol. The van der Waals surface area contributed by atoms with Gasteiger partial charge < -0.3 is 38.3 Å². The van der Waals surface area contributed by atoms with E-state index < -0.39 is 13.1 Å². The first kappa shape index (κ1) is 51.0. The van der Waals surface area contributed by atoms with Crippen molar-refractivity contribution in [2.24, 2.45) is 5.73 Å². The third-order valence-corrected chi connectivity index (χ3v) is 12.4. The quantitative estimate of drug-likeness (QED) is 0.0719. The summed E-state index contributed by atoms with van der Waals surface area (Å²) in [4.78, 5) is 40.9. The fraction of sp³-hybridized carbons (Fsp3) is 0.306. The first-order chi connectivity index (χ1) is 33.9. The van der Waals surface area contributed by atoms with Gasteiger partial charge in [0.2, 0.25) is 11.9 Å². The van der Waals surface area contributed by atoms with Gasteiger partial charge >= 0.3 is 5.97 Å². The Bertz CT molecular complexity index is 2830. The number of halogens is 4. The van der Waals surface area contributed by atoms with Crippen LogP contribution in [0.25, 0.3) is 11.1 Å². The summed E-state index contributed by atoms with van der Waals surface area (Å²) in [6.07, 6.45) is 17.4. The first-order valence-electron chi connectivity index (χ1n) is 23.1. The smallest absolute Gasteiger partial charge is 0.356 e. The first-order valence-corrected chi connectivity index (χ1v) is 23.1. The van der Waals surface area contributed by atoms with Gasteiger partial charge in [0.1, 0.15) is 11.6 Å². The molecule has 21 heteroatoms. The molecule has 4 aliphatic rings. The molecule has 366 valence electrons. The molecule has 0 unspecified atom stereocenters. The van der Waals surface area contributed by atoms with Gasteiger partial charge in [-0.1, -0.05) is 83.9 Å². The van der Waals surface area contributed by atoms with Crippen molar-refractivity contribution in [3.63, 3.8) is 0 Å². The molecular weight excluding hydrogens is 958 g/mol. The Labute approximate surface area is 422 Å². The van der Waals surface area contributed by atoms with Crippen LogP contribution >= 0.6 is 35.6 Å². The number of rotatable bonds is 9. The zero-order valence-corrected chi connectivity index (χ0v) is 40.3. The zero-order valence-electron chi connectivity index (χ0n) is 38.9. The highest BCUT2D eigenvalue weighted by Gasteiger charge is 2.27. The average molecular weight is 1010 g/mol. The van der Waals surface area contributed by atoms with E-state index in [0.29, 0.717) is 28.0 Å². The third-order valence-electron chi connectivity index (χ3n) is 11.9. The van der Waals surface area contributed by atoms with Gasteiger partial charge in [0, 0.05) is 35.3 Å². The predicted octanol–water partition coefficient (Wildman–Crippen LogP) is 8.21. The summed E-state index contributed by atoms with van der Waals surface area (Å²) in [5.74, 6) is 0.329. The Balaban J connectivity index is 0.000000189. The second-order valence-electron chi connectivity index (χ2n) is 16.7. The molecule has 4 aromatic heterocycles. The second kappa shape index (κ2) is 25.1. The van der Waals surface area contributed by atoms with Crippen LogP contribution < -0.4 is 33.2 Å². The van der Waals surface area contributed by atoms with Crippen LogP contribution in [0, 0.1) is 0 Å². The number of carboxylic acid groups (broad SMARTS) is 1. The van der Waals surface area contributed by atoms with Crippen molar-refractivity contribution in [1.82, 2.24) is 45.6 Å². The fourth-order valence-corrected chi connectivity index (χ4v) is 9.01.